The van der Waals surface area contributed by atoms with Crippen molar-refractivity contribution in [1.29, 1.82) is 0 Å². The van der Waals surface area contributed by atoms with Crippen molar-refractivity contribution in [2.24, 2.45) is 0 Å². The molecule has 14 heavy (non-hydrogen) atoms. The number of hydrogen-bond donors (Lipinski definition) is 1. The molecule has 1 aromatic heterocycles. The van der Waals surface area contributed by atoms with Gasteiger partial charge in [0, 0.05) is 23.8 Å². The Labute approximate surface area is 90.8 Å². The normalized spacial score (nSPS) is 12.0. The monoisotopic (exact) mass is 212 g/mol. The van der Waals surface area contributed by atoms with Crippen LogP contribution in [0.5, 0.6) is 0 Å². The number of nitrogens with zero attached hydrogens (tertiary/aromatic N) is 1. The predicted molar refractivity (Wildman–Crippen MR) is 63.1 cm³/mol. The molecule has 3 heteroatoms. The molecule has 0 radical (unpaired) electrons. The number of nitrogens with one attached hydrogen (secondary N) is 1. The molecule has 80 valence electrons. The van der Waals surface area contributed by atoms with E-state index in [1.54, 1.807) is 11.3 Å². The maximum absolute atomic E-state index is 4.67. The molecule has 0 spiro atoms. The summed E-state index contributed by atoms with van der Waals surface area (Å²) in [4.78, 5) is 4.67. The van der Waals surface area contributed by atoms with E-state index in [0.717, 1.165) is 19.4 Å². The van der Waals surface area contributed by atoms with E-state index in [-0.39, 0.29) is 5.41 Å². The smallest absolute Gasteiger partial charge is 0.0941 e. The van der Waals surface area contributed by atoms with Crippen molar-refractivity contribution < 1.29 is 0 Å². The summed E-state index contributed by atoms with van der Waals surface area (Å²) in [5, 5.41) is 6.59. The Hall–Kier alpha value is -0.410. The quantitative estimate of drug-likeness (QED) is 0.811. The number of rotatable bonds is 5. The first-order valence-corrected chi connectivity index (χ1v) is 6.07. The van der Waals surface area contributed by atoms with E-state index >= 15 is 0 Å². The van der Waals surface area contributed by atoms with Crippen LogP contribution in [0.3, 0.4) is 0 Å². The minimum absolute atomic E-state index is 0.231. The average molecular weight is 212 g/mol. The molecule has 0 aliphatic rings. The van der Waals surface area contributed by atoms with Crippen molar-refractivity contribution >= 4 is 11.3 Å². The third-order valence-electron chi connectivity index (χ3n) is 2.72. The SMILES string of the molecule is CCC(C)(C)c1csc(CCNC)n1. The van der Waals surface area contributed by atoms with E-state index < -0.39 is 0 Å². The standard InChI is InChI=1S/C11H20N2S/c1-5-11(2,3)9-8-14-10(13-9)6-7-12-4/h8,12H,5-7H2,1-4H3. The highest BCUT2D eigenvalue weighted by molar-refractivity contribution is 7.09. The lowest BCUT2D eigenvalue weighted by atomic mass is 9.87. The van der Waals surface area contributed by atoms with Crippen molar-refractivity contribution in [1.82, 2.24) is 10.3 Å². The van der Waals surface area contributed by atoms with E-state index in [0.29, 0.717) is 0 Å². The highest BCUT2D eigenvalue weighted by atomic mass is 32.1. The third-order valence-corrected chi connectivity index (χ3v) is 3.63. The molecular formula is C11H20N2S. The average Bonchev–Trinajstić information content (AvgIpc) is 2.63. The van der Waals surface area contributed by atoms with E-state index in [9.17, 15) is 0 Å². The Kier molecular flexibility index (Phi) is 4.08. The van der Waals surface area contributed by atoms with E-state index in [4.69, 9.17) is 0 Å². The van der Waals surface area contributed by atoms with Gasteiger partial charge in [-0.1, -0.05) is 20.8 Å². The summed E-state index contributed by atoms with van der Waals surface area (Å²) in [6.45, 7) is 7.74. The fourth-order valence-electron chi connectivity index (χ4n) is 1.15. The lowest BCUT2D eigenvalue weighted by Crippen LogP contribution is -2.16. The first-order valence-electron chi connectivity index (χ1n) is 5.19. The minimum Gasteiger partial charge on any atom is -0.319 e. The van der Waals surface area contributed by atoms with Crippen LogP contribution in [0.4, 0.5) is 0 Å². The Balaban J connectivity index is 2.67. The van der Waals surface area contributed by atoms with Crippen LogP contribution < -0.4 is 5.32 Å². The minimum atomic E-state index is 0.231. The lowest BCUT2D eigenvalue weighted by Gasteiger charge is -2.19. The molecule has 0 unspecified atom stereocenters. The molecule has 0 atom stereocenters. The van der Waals surface area contributed by atoms with Gasteiger partial charge in [-0.25, -0.2) is 4.98 Å². The van der Waals surface area contributed by atoms with Crippen LogP contribution in [-0.2, 0) is 11.8 Å². The van der Waals surface area contributed by atoms with Crippen molar-refractivity contribution in [3.8, 4) is 0 Å². The van der Waals surface area contributed by atoms with Crippen LogP contribution in [0.1, 0.15) is 37.9 Å². The van der Waals surface area contributed by atoms with Gasteiger partial charge in [0.15, 0.2) is 0 Å². The van der Waals surface area contributed by atoms with E-state index in [1.807, 2.05) is 7.05 Å². The van der Waals surface area contributed by atoms with E-state index in [2.05, 4.69) is 36.5 Å². The topological polar surface area (TPSA) is 24.9 Å². The summed E-state index contributed by atoms with van der Waals surface area (Å²) >= 11 is 1.78. The van der Waals surface area contributed by atoms with Gasteiger partial charge >= 0.3 is 0 Å². The third kappa shape index (κ3) is 2.79. The van der Waals surface area contributed by atoms with Gasteiger partial charge in [-0.05, 0) is 13.5 Å². The van der Waals surface area contributed by atoms with Gasteiger partial charge in [-0.15, -0.1) is 11.3 Å². The Bertz CT molecular complexity index is 279. The van der Waals surface area contributed by atoms with Gasteiger partial charge in [0.2, 0.25) is 0 Å². The highest BCUT2D eigenvalue weighted by Gasteiger charge is 2.20. The van der Waals surface area contributed by atoms with Gasteiger partial charge in [0.05, 0.1) is 10.7 Å². The van der Waals surface area contributed by atoms with E-state index in [1.165, 1.54) is 10.7 Å². The number of hydrogen-bond acceptors (Lipinski definition) is 3. The molecule has 1 N–H and O–H groups in total. The van der Waals surface area contributed by atoms with Crippen molar-refractivity contribution in [3.05, 3.63) is 16.1 Å². The molecule has 0 fully saturated rings. The van der Waals surface area contributed by atoms with Crippen LogP contribution in [0.15, 0.2) is 5.38 Å². The van der Waals surface area contributed by atoms with Crippen LogP contribution in [-0.4, -0.2) is 18.6 Å². The van der Waals surface area contributed by atoms with Gasteiger partial charge in [0.1, 0.15) is 0 Å². The second kappa shape index (κ2) is 4.89. The fraction of sp³-hybridized carbons (Fsp3) is 0.727. The van der Waals surface area contributed by atoms with Gasteiger partial charge in [-0.3, -0.25) is 0 Å². The van der Waals surface area contributed by atoms with Crippen LogP contribution in [0.25, 0.3) is 0 Å². The number of likely N-dealkylation sites (N-methyl/N-ethyl adjacent to an activating group) is 1. The summed E-state index contributed by atoms with van der Waals surface area (Å²) in [7, 11) is 1.98. The summed E-state index contributed by atoms with van der Waals surface area (Å²) in [5.74, 6) is 0. The molecule has 1 aromatic rings. The first-order chi connectivity index (χ1) is 6.60. The molecule has 0 saturated carbocycles. The Morgan fingerprint density at radius 1 is 1.50 bits per heavy atom. The summed E-state index contributed by atoms with van der Waals surface area (Å²) < 4.78 is 0. The zero-order chi connectivity index (χ0) is 10.6. The Morgan fingerprint density at radius 3 is 2.79 bits per heavy atom. The largest absolute Gasteiger partial charge is 0.319 e. The maximum atomic E-state index is 4.67. The summed E-state index contributed by atoms with van der Waals surface area (Å²) in [6, 6.07) is 0. The fourth-order valence-corrected chi connectivity index (χ4v) is 2.14. The van der Waals surface area contributed by atoms with Gasteiger partial charge < -0.3 is 5.32 Å². The lowest BCUT2D eigenvalue weighted by molar-refractivity contribution is 0.492. The highest BCUT2D eigenvalue weighted by Crippen LogP contribution is 2.27. The second-order valence-electron chi connectivity index (χ2n) is 4.22. The maximum Gasteiger partial charge on any atom is 0.0941 e. The molecule has 1 heterocycles. The zero-order valence-electron chi connectivity index (χ0n) is 9.55. The predicted octanol–water partition coefficient (Wildman–Crippen LogP) is 2.59. The molecule has 0 aliphatic heterocycles. The second-order valence-corrected chi connectivity index (χ2v) is 5.16. The van der Waals surface area contributed by atoms with Crippen molar-refractivity contribution in [3.63, 3.8) is 0 Å². The van der Waals surface area contributed by atoms with Crippen molar-refractivity contribution in [2.75, 3.05) is 13.6 Å². The molecule has 0 amide bonds. The van der Waals surface area contributed by atoms with Gasteiger partial charge in [0.25, 0.3) is 0 Å². The summed E-state index contributed by atoms with van der Waals surface area (Å²) in [5.41, 5.74) is 1.48. The number of thiazole rings is 1. The summed E-state index contributed by atoms with van der Waals surface area (Å²) in [6.07, 6.45) is 2.18. The van der Waals surface area contributed by atoms with Crippen LogP contribution >= 0.6 is 11.3 Å². The molecule has 0 aromatic carbocycles. The molecule has 1 rings (SSSR count). The molecule has 0 saturated heterocycles. The molecular weight excluding hydrogens is 192 g/mol. The Morgan fingerprint density at radius 2 is 2.21 bits per heavy atom. The number of aromatic nitrogens is 1. The molecule has 0 aliphatic carbocycles. The van der Waals surface area contributed by atoms with Gasteiger partial charge in [-0.2, -0.15) is 0 Å². The van der Waals surface area contributed by atoms with Crippen LogP contribution in [0, 0.1) is 0 Å². The first kappa shape index (κ1) is 11.7. The van der Waals surface area contributed by atoms with Crippen LogP contribution in [0.2, 0.25) is 0 Å². The zero-order valence-corrected chi connectivity index (χ0v) is 10.4. The molecule has 0 bridgehead atoms. The molecule has 2 nitrogen and oxygen atoms in total. The van der Waals surface area contributed by atoms with Crippen molar-refractivity contribution in [2.45, 2.75) is 39.0 Å².